The third kappa shape index (κ3) is 2.15. The van der Waals surface area contributed by atoms with Gasteiger partial charge in [0.25, 0.3) is 0 Å². The van der Waals surface area contributed by atoms with Gasteiger partial charge in [-0.3, -0.25) is 0 Å². The highest BCUT2D eigenvalue weighted by atomic mass is 15.1. The van der Waals surface area contributed by atoms with E-state index in [0.717, 1.165) is 6.54 Å². The van der Waals surface area contributed by atoms with Crippen LogP contribution in [0.2, 0.25) is 0 Å². The molecule has 0 atom stereocenters. The van der Waals surface area contributed by atoms with Crippen LogP contribution in [0.25, 0.3) is 16.8 Å². The van der Waals surface area contributed by atoms with Gasteiger partial charge in [0.15, 0.2) is 0 Å². The minimum atomic E-state index is 0.890. The van der Waals surface area contributed by atoms with E-state index < -0.39 is 0 Å². The molecule has 2 aromatic carbocycles. The van der Waals surface area contributed by atoms with Crippen LogP contribution < -0.4 is 0 Å². The average Bonchev–Trinajstić information content (AvgIpc) is 3.12. The lowest BCUT2D eigenvalue weighted by molar-refractivity contribution is 0.831. The maximum atomic E-state index is 2.30. The Labute approximate surface area is 123 Å². The monoisotopic (exact) mass is 272 g/mol. The largest absolute Gasteiger partial charge is 0.328 e. The van der Waals surface area contributed by atoms with Crippen molar-refractivity contribution in [2.45, 2.75) is 6.54 Å². The molecule has 0 bridgehead atoms. The highest BCUT2D eigenvalue weighted by molar-refractivity contribution is 5.78. The molecule has 102 valence electrons. The summed E-state index contributed by atoms with van der Waals surface area (Å²) in [5.74, 6) is 0. The summed E-state index contributed by atoms with van der Waals surface area (Å²) in [6.07, 6.45) is 6.39. The summed E-state index contributed by atoms with van der Waals surface area (Å²) in [4.78, 5) is 0. The van der Waals surface area contributed by atoms with Gasteiger partial charge in [-0.25, -0.2) is 0 Å². The summed E-state index contributed by atoms with van der Waals surface area (Å²) >= 11 is 0. The zero-order valence-electron chi connectivity index (χ0n) is 11.7. The maximum Gasteiger partial charge on any atom is 0.125 e. The first kappa shape index (κ1) is 12.0. The molecule has 0 N–H and O–H groups in total. The molecule has 0 unspecified atom stereocenters. The van der Waals surface area contributed by atoms with Crippen LogP contribution in [-0.2, 0) is 6.54 Å². The van der Waals surface area contributed by atoms with Crippen LogP contribution in [0.1, 0.15) is 5.56 Å². The number of imidazole rings is 1. The van der Waals surface area contributed by atoms with E-state index in [1.165, 1.54) is 22.3 Å². The van der Waals surface area contributed by atoms with Gasteiger partial charge in [0.1, 0.15) is 5.65 Å². The zero-order chi connectivity index (χ0) is 14.1. The molecule has 0 aliphatic rings. The van der Waals surface area contributed by atoms with E-state index in [1.54, 1.807) is 0 Å². The molecule has 0 aliphatic carbocycles. The van der Waals surface area contributed by atoms with Gasteiger partial charge in [0.2, 0.25) is 0 Å². The van der Waals surface area contributed by atoms with Gasteiger partial charge in [-0.2, -0.15) is 0 Å². The second-order valence-corrected chi connectivity index (χ2v) is 5.24. The van der Waals surface area contributed by atoms with Gasteiger partial charge in [0.05, 0.1) is 0 Å². The highest BCUT2D eigenvalue weighted by Gasteiger charge is 2.09. The van der Waals surface area contributed by atoms with Crippen molar-refractivity contribution in [3.05, 3.63) is 90.9 Å². The molecule has 0 saturated heterocycles. The van der Waals surface area contributed by atoms with Gasteiger partial charge in [0, 0.05) is 30.7 Å². The normalized spacial score (nSPS) is 11.0. The molecule has 2 heteroatoms. The second kappa shape index (κ2) is 4.98. The molecule has 0 radical (unpaired) electrons. The van der Waals surface area contributed by atoms with Crippen molar-refractivity contribution < 1.29 is 0 Å². The van der Waals surface area contributed by atoms with E-state index in [9.17, 15) is 0 Å². The number of nitrogens with zero attached hydrogens (tertiary/aromatic N) is 2. The minimum Gasteiger partial charge on any atom is -0.328 e. The molecule has 4 aromatic rings. The molecule has 2 aromatic heterocycles. The van der Waals surface area contributed by atoms with Crippen LogP contribution in [0.5, 0.6) is 0 Å². The van der Waals surface area contributed by atoms with E-state index in [4.69, 9.17) is 0 Å². The Balaban J connectivity index is 1.82. The summed E-state index contributed by atoms with van der Waals surface area (Å²) in [6.45, 7) is 0.890. The fourth-order valence-corrected chi connectivity index (χ4v) is 2.84. The second-order valence-electron chi connectivity index (χ2n) is 5.24. The van der Waals surface area contributed by atoms with E-state index in [-0.39, 0.29) is 0 Å². The number of aromatic nitrogens is 2. The molecular formula is C19H16N2. The summed E-state index contributed by atoms with van der Waals surface area (Å²) < 4.78 is 4.49. The van der Waals surface area contributed by atoms with E-state index in [1.807, 2.05) is 0 Å². The van der Waals surface area contributed by atoms with Crippen LogP contribution in [0.4, 0.5) is 0 Å². The first-order chi connectivity index (χ1) is 10.4. The van der Waals surface area contributed by atoms with Crippen molar-refractivity contribution in [2.24, 2.45) is 0 Å². The van der Waals surface area contributed by atoms with Crippen LogP contribution >= 0.6 is 0 Å². The molecular weight excluding hydrogens is 256 g/mol. The Hall–Kier alpha value is -2.74. The Kier molecular flexibility index (Phi) is 2.86. The summed E-state index contributed by atoms with van der Waals surface area (Å²) in [5.41, 5.74) is 5.09. The lowest BCUT2D eigenvalue weighted by Crippen LogP contribution is -1.98. The Morgan fingerprint density at radius 1 is 0.667 bits per heavy atom. The first-order valence-electron chi connectivity index (χ1n) is 7.17. The Bertz CT molecular complexity index is 854. The predicted octanol–water partition coefficient (Wildman–Crippen LogP) is 4.46. The van der Waals surface area contributed by atoms with Crippen LogP contribution in [0.3, 0.4) is 0 Å². The number of benzene rings is 2. The van der Waals surface area contributed by atoms with Gasteiger partial charge >= 0.3 is 0 Å². The van der Waals surface area contributed by atoms with Gasteiger partial charge in [-0.1, -0.05) is 60.7 Å². The molecule has 4 rings (SSSR count). The Morgan fingerprint density at radius 2 is 1.38 bits per heavy atom. The number of hydrogen-bond acceptors (Lipinski definition) is 0. The topological polar surface area (TPSA) is 9.34 Å². The van der Waals surface area contributed by atoms with Crippen molar-refractivity contribution >= 4 is 5.65 Å². The molecule has 0 fully saturated rings. The molecule has 0 amide bonds. The minimum absolute atomic E-state index is 0.890. The standard InChI is InChI=1S/C19H16N2/c1-3-7-16(8-4-1)15-21-14-13-20-12-11-18(19(20)21)17-9-5-2-6-10-17/h1-14H,15H2. The number of hydrogen-bond donors (Lipinski definition) is 0. The molecule has 0 spiro atoms. The third-order valence-corrected chi connectivity index (χ3v) is 3.85. The van der Waals surface area contributed by atoms with Crippen molar-refractivity contribution in [1.29, 1.82) is 0 Å². The SMILES string of the molecule is c1ccc(Cn2ccn3ccc(-c4ccccc4)c23)cc1. The average molecular weight is 272 g/mol. The van der Waals surface area contributed by atoms with Crippen molar-refractivity contribution in [3.8, 4) is 11.1 Å². The molecule has 21 heavy (non-hydrogen) atoms. The lowest BCUT2D eigenvalue weighted by Gasteiger charge is -2.07. The summed E-state index contributed by atoms with van der Waals surface area (Å²) in [7, 11) is 0. The third-order valence-electron chi connectivity index (χ3n) is 3.85. The van der Waals surface area contributed by atoms with Crippen molar-refractivity contribution in [2.75, 3.05) is 0 Å². The molecule has 0 aliphatic heterocycles. The predicted molar refractivity (Wildman–Crippen MR) is 86.4 cm³/mol. The van der Waals surface area contributed by atoms with E-state index in [0.29, 0.717) is 0 Å². The lowest BCUT2D eigenvalue weighted by atomic mass is 10.1. The summed E-state index contributed by atoms with van der Waals surface area (Å²) in [6, 6.07) is 23.3. The first-order valence-corrected chi connectivity index (χ1v) is 7.17. The zero-order valence-corrected chi connectivity index (χ0v) is 11.7. The van der Waals surface area contributed by atoms with Gasteiger partial charge < -0.3 is 8.97 Å². The van der Waals surface area contributed by atoms with E-state index >= 15 is 0 Å². The molecule has 2 nitrogen and oxygen atoms in total. The van der Waals surface area contributed by atoms with Crippen LogP contribution in [0.15, 0.2) is 85.3 Å². The fraction of sp³-hybridized carbons (Fsp3) is 0.0526. The van der Waals surface area contributed by atoms with Crippen molar-refractivity contribution in [3.63, 3.8) is 0 Å². The van der Waals surface area contributed by atoms with Gasteiger partial charge in [-0.05, 0) is 17.2 Å². The molecule has 0 saturated carbocycles. The number of fused-ring (bicyclic) bond motifs is 1. The van der Waals surface area contributed by atoms with Crippen LogP contribution in [-0.4, -0.2) is 8.97 Å². The quantitative estimate of drug-likeness (QED) is 0.521. The maximum absolute atomic E-state index is 2.30. The van der Waals surface area contributed by atoms with Gasteiger partial charge in [-0.15, -0.1) is 0 Å². The van der Waals surface area contributed by atoms with Crippen molar-refractivity contribution in [1.82, 2.24) is 8.97 Å². The number of rotatable bonds is 3. The van der Waals surface area contributed by atoms with E-state index in [2.05, 4.69) is 94.3 Å². The smallest absolute Gasteiger partial charge is 0.125 e. The summed E-state index contributed by atoms with van der Waals surface area (Å²) in [5, 5.41) is 0. The highest BCUT2D eigenvalue weighted by Crippen LogP contribution is 2.26. The Morgan fingerprint density at radius 3 is 2.14 bits per heavy atom. The fourth-order valence-electron chi connectivity index (χ4n) is 2.84. The molecule has 2 heterocycles. The van der Waals surface area contributed by atoms with Crippen LogP contribution in [0, 0.1) is 0 Å².